The van der Waals surface area contributed by atoms with Crippen LogP contribution in [0.15, 0.2) is 0 Å². The van der Waals surface area contributed by atoms with Gasteiger partial charge in [-0.2, -0.15) is 0 Å². The molecule has 1 aromatic heterocycles. The van der Waals surface area contributed by atoms with Crippen molar-refractivity contribution in [2.24, 2.45) is 5.92 Å². The average molecular weight is 313 g/mol. The maximum atomic E-state index is 12.0. The van der Waals surface area contributed by atoms with Crippen molar-refractivity contribution in [3.63, 3.8) is 0 Å². The summed E-state index contributed by atoms with van der Waals surface area (Å²) in [7, 11) is 1.26. The standard InChI is InChI=1S/C14H19NO5S/c1-6-20-13(17)9-8(4)10(14(18)19-5)21-12(9)15-11(16)7(2)3/h7H,6H2,1-5H3,(H,15,16). The molecule has 0 fully saturated rings. The average Bonchev–Trinajstić information content (AvgIpc) is 2.74. The van der Waals surface area contributed by atoms with Crippen molar-refractivity contribution >= 4 is 34.2 Å². The van der Waals surface area contributed by atoms with E-state index < -0.39 is 11.9 Å². The minimum Gasteiger partial charge on any atom is -0.465 e. The molecule has 0 saturated carbocycles. The number of hydrogen-bond donors (Lipinski definition) is 1. The number of rotatable bonds is 5. The molecule has 1 aromatic rings. The van der Waals surface area contributed by atoms with E-state index in [0.29, 0.717) is 10.6 Å². The summed E-state index contributed by atoms with van der Waals surface area (Å²) in [5, 5.41) is 2.97. The zero-order valence-electron chi connectivity index (χ0n) is 12.7. The lowest BCUT2D eigenvalue weighted by atomic mass is 10.1. The third kappa shape index (κ3) is 3.81. The van der Waals surface area contributed by atoms with Crippen LogP contribution in [0.3, 0.4) is 0 Å². The van der Waals surface area contributed by atoms with Gasteiger partial charge >= 0.3 is 11.9 Å². The van der Waals surface area contributed by atoms with Gasteiger partial charge in [0.05, 0.1) is 19.3 Å². The third-order valence-corrected chi connectivity index (χ3v) is 3.95. The Labute approximate surface area is 127 Å². The van der Waals surface area contributed by atoms with Crippen molar-refractivity contribution in [1.82, 2.24) is 0 Å². The molecule has 0 unspecified atom stereocenters. The second kappa shape index (κ2) is 7.21. The molecule has 7 heteroatoms. The first-order chi connectivity index (χ1) is 9.83. The highest BCUT2D eigenvalue weighted by Crippen LogP contribution is 2.34. The summed E-state index contributed by atoms with van der Waals surface area (Å²) in [6.07, 6.45) is 0. The van der Waals surface area contributed by atoms with Crippen molar-refractivity contribution in [3.8, 4) is 0 Å². The first-order valence-corrected chi connectivity index (χ1v) is 7.34. The van der Waals surface area contributed by atoms with E-state index in [0.717, 1.165) is 11.3 Å². The van der Waals surface area contributed by atoms with Gasteiger partial charge in [-0.15, -0.1) is 11.3 Å². The Morgan fingerprint density at radius 2 is 1.86 bits per heavy atom. The van der Waals surface area contributed by atoms with Crippen LogP contribution in [0.2, 0.25) is 0 Å². The van der Waals surface area contributed by atoms with Gasteiger partial charge in [0.1, 0.15) is 9.88 Å². The van der Waals surface area contributed by atoms with Crippen LogP contribution in [0.1, 0.15) is 46.4 Å². The molecule has 0 aliphatic carbocycles. The van der Waals surface area contributed by atoms with E-state index in [-0.39, 0.29) is 28.9 Å². The van der Waals surface area contributed by atoms with Gasteiger partial charge in [-0.1, -0.05) is 13.8 Å². The third-order valence-electron chi connectivity index (χ3n) is 2.76. The number of carbonyl (C=O) groups is 3. The van der Waals surface area contributed by atoms with Crippen LogP contribution in [0.4, 0.5) is 5.00 Å². The predicted octanol–water partition coefficient (Wildman–Crippen LogP) is 2.61. The molecule has 0 aliphatic rings. The van der Waals surface area contributed by atoms with Gasteiger partial charge in [0.2, 0.25) is 5.91 Å². The van der Waals surface area contributed by atoms with Crippen LogP contribution < -0.4 is 5.32 Å². The number of ether oxygens (including phenoxy) is 2. The maximum absolute atomic E-state index is 12.0. The minimum absolute atomic E-state index is 0.205. The van der Waals surface area contributed by atoms with Crippen molar-refractivity contribution in [2.75, 3.05) is 19.0 Å². The van der Waals surface area contributed by atoms with E-state index in [1.165, 1.54) is 7.11 Å². The summed E-state index contributed by atoms with van der Waals surface area (Å²) in [6, 6.07) is 0. The lowest BCUT2D eigenvalue weighted by Crippen LogP contribution is -2.19. The summed E-state index contributed by atoms with van der Waals surface area (Å²) in [6.45, 7) is 6.99. The second-order valence-electron chi connectivity index (χ2n) is 4.62. The highest BCUT2D eigenvalue weighted by atomic mass is 32.1. The van der Waals surface area contributed by atoms with E-state index in [4.69, 9.17) is 4.74 Å². The Morgan fingerprint density at radius 3 is 2.33 bits per heavy atom. The first-order valence-electron chi connectivity index (χ1n) is 6.53. The topological polar surface area (TPSA) is 81.7 Å². The van der Waals surface area contributed by atoms with Gasteiger partial charge < -0.3 is 14.8 Å². The van der Waals surface area contributed by atoms with Crippen molar-refractivity contribution < 1.29 is 23.9 Å². The van der Waals surface area contributed by atoms with E-state index in [2.05, 4.69) is 10.1 Å². The summed E-state index contributed by atoms with van der Waals surface area (Å²) in [5.74, 6) is -1.60. The second-order valence-corrected chi connectivity index (χ2v) is 5.64. The number of methoxy groups -OCH3 is 1. The zero-order valence-corrected chi connectivity index (χ0v) is 13.6. The molecule has 0 aromatic carbocycles. The fraction of sp³-hybridized carbons (Fsp3) is 0.500. The predicted molar refractivity (Wildman–Crippen MR) is 79.8 cm³/mol. The van der Waals surface area contributed by atoms with Crippen LogP contribution in [0.5, 0.6) is 0 Å². The van der Waals surface area contributed by atoms with Crippen LogP contribution in [-0.2, 0) is 14.3 Å². The number of carbonyl (C=O) groups excluding carboxylic acids is 3. The van der Waals surface area contributed by atoms with E-state index in [1.807, 2.05) is 0 Å². The lowest BCUT2D eigenvalue weighted by molar-refractivity contribution is -0.118. The number of thiophene rings is 1. The number of esters is 2. The molecule has 6 nitrogen and oxygen atoms in total. The highest BCUT2D eigenvalue weighted by molar-refractivity contribution is 7.18. The highest BCUT2D eigenvalue weighted by Gasteiger charge is 2.27. The largest absolute Gasteiger partial charge is 0.465 e. The molecule has 1 amide bonds. The molecule has 0 atom stereocenters. The van der Waals surface area contributed by atoms with Gasteiger partial charge in [0.15, 0.2) is 0 Å². The number of anilines is 1. The smallest absolute Gasteiger partial charge is 0.348 e. The molecule has 21 heavy (non-hydrogen) atoms. The van der Waals surface area contributed by atoms with Gasteiger partial charge in [-0.3, -0.25) is 4.79 Å². The first kappa shape index (κ1) is 17.2. The Bertz CT molecular complexity index is 562. The van der Waals surface area contributed by atoms with Crippen LogP contribution in [-0.4, -0.2) is 31.6 Å². The molecule has 116 valence electrons. The summed E-state index contributed by atoms with van der Waals surface area (Å²) in [5.41, 5.74) is 0.653. The molecular formula is C14H19NO5S. The molecule has 0 aliphatic heterocycles. The lowest BCUT2D eigenvalue weighted by Gasteiger charge is -2.08. The van der Waals surface area contributed by atoms with Crippen LogP contribution in [0, 0.1) is 12.8 Å². The fourth-order valence-corrected chi connectivity index (χ4v) is 2.71. The Hall–Kier alpha value is -1.89. The van der Waals surface area contributed by atoms with Crippen molar-refractivity contribution in [3.05, 3.63) is 16.0 Å². The van der Waals surface area contributed by atoms with Gasteiger partial charge in [0.25, 0.3) is 0 Å². The number of amides is 1. The van der Waals surface area contributed by atoms with E-state index in [9.17, 15) is 14.4 Å². The molecule has 1 heterocycles. The normalized spacial score (nSPS) is 10.4. The molecule has 1 N–H and O–H groups in total. The number of nitrogens with one attached hydrogen (secondary N) is 1. The van der Waals surface area contributed by atoms with Crippen molar-refractivity contribution in [2.45, 2.75) is 27.7 Å². The number of hydrogen-bond acceptors (Lipinski definition) is 6. The minimum atomic E-state index is -0.569. The molecule has 1 rings (SSSR count). The summed E-state index contributed by atoms with van der Waals surface area (Å²) < 4.78 is 9.67. The quantitative estimate of drug-likeness (QED) is 0.845. The Balaban J connectivity index is 3.29. The zero-order chi connectivity index (χ0) is 16.2. The van der Waals surface area contributed by atoms with Crippen LogP contribution >= 0.6 is 11.3 Å². The van der Waals surface area contributed by atoms with Gasteiger partial charge in [-0.05, 0) is 19.4 Å². The van der Waals surface area contributed by atoms with Crippen molar-refractivity contribution in [1.29, 1.82) is 0 Å². The van der Waals surface area contributed by atoms with E-state index in [1.54, 1.807) is 27.7 Å². The van der Waals surface area contributed by atoms with Gasteiger partial charge in [-0.25, -0.2) is 9.59 Å². The Kier molecular flexibility index (Phi) is 5.90. The summed E-state index contributed by atoms with van der Waals surface area (Å²) in [4.78, 5) is 35.9. The molecule has 0 spiro atoms. The molecular weight excluding hydrogens is 294 g/mol. The fourth-order valence-electron chi connectivity index (χ4n) is 1.59. The van der Waals surface area contributed by atoms with Crippen LogP contribution in [0.25, 0.3) is 0 Å². The molecule has 0 saturated heterocycles. The van der Waals surface area contributed by atoms with E-state index >= 15 is 0 Å². The van der Waals surface area contributed by atoms with Gasteiger partial charge in [0, 0.05) is 5.92 Å². The summed E-state index contributed by atoms with van der Waals surface area (Å²) >= 11 is 1.01. The Morgan fingerprint density at radius 1 is 1.24 bits per heavy atom. The monoisotopic (exact) mass is 313 g/mol. The SMILES string of the molecule is CCOC(=O)c1c(NC(=O)C(C)C)sc(C(=O)OC)c1C. The molecule has 0 bridgehead atoms. The maximum Gasteiger partial charge on any atom is 0.348 e. The molecule has 0 radical (unpaired) electrons.